The lowest BCUT2D eigenvalue weighted by molar-refractivity contribution is -0.185. The van der Waals surface area contributed by atoms with E-state index in [1.54, 1.807) is 12.1 Å². The molecule has 0 saturated carbocycles. The molecule has 1 heterocycles. The van der Waals surface area contributed by atoms with Gasteiger partial charge in [-0.25, -0.2) is 0 Å². The molecule has 1 saturated heterocycles. The van der Waals surface area contributed by atoms with Gasteiger partial charge in [0.25, 0.3) is 0 Å². The zero-order valence-electron chi connectivity index (χ0n) is 16.4. The molecule has 2 aromatic rings. The van der Waals surface area contributed by atoms with Crippen LogP contribution in [-0.2, 0) is 15.9 Å². The summed E-state index contributed by atoms with van der Waals surface area (Å²) < 4.78 is 11.6. The van der Waals surface area contributed by atoms with E-state index in [1.807, 2.05) is 12.1 Å². The number of unbranched alkanes of at least 4 members (excludes halogenated alkanes) is 2. The van der Waals surface area contributed by atoms with E-state index in [0.29, 0.717) is 5.75 Å². The molecular weight excluding hydrogens is 336 g/mol. The monoisotopic (exact) mass is 368 g/mol. The summed E-state index contributed by atoms with van der Waals surface area (Å²) >= 11 is 0. The highest BCUT2D eigenvalue weighted by Crippen LogP contribution is 2.23. The van der Waals surface area contributed by atoms with Gasteiger partial charge in [-0.15, -0.1) is 0 Å². The molecule has 0 radical (unpaired) electrons. The summed E-state index contributed by atoms with van der Waals surface area (Å²) in [5, 5.41) is 9.39. The van der Waals surface area contributed by atoms with Gasteiger partial charge in [0.1, 0.15) is 5.75 Å². The van der Waals surface area contributed by atoms with Crippen LogP contribution in [0.2, 0.25) is 0 Å². The molecule has 0 aromatic heterocycles. The summed E-state index contributed by atoms with van der Waals surface area (Å²) in [6, 6.07) is 16.1. The summed E-state index contributed by atoms with van der Waals surface area (Å²) in [6.45, 7) is 3.02. The minimum atomic E-state index is 0.0286. The molecule has 146 valence electrons. The van der Waals surface area contributed by atoms with Gasteiger partial charge in [0, 0.05) is 6.61 Å². The maximum absolute atomic E-state index is 9.39. The van der Waals surface area contributed by atoms with Crippen molar-refractivity contribution in [1.82, 2.24) is 0 Å². The van der Waals surface area contributed by atoms with Gasteiger partial charge in [-0.1, -0.05) is 49.2 Å². The maximum atomic E-state index is 9.39. The summed E-state index contributed by atoms with van der Waals surface area (Å²) in [5.41, 5.74) is 3.71. The lowest BCUT2D eigenvalue weighted by Gasteiger charge is -2.26. The Hall–Kier alpha value is -1.84. The van der Waals surface area contributed by atoms with Gasteiger partial charge in [-0.2, -0.15) is 0 Å². The number of hydrogen-bond acceptors (Lipinski definition) is 3. The number of phenols is 1. The van der Waals surface area contributed by atoms with E-state index in [-0.39, 0.29) is 12.4 Å². The van der Waals surface area contributed by atoms with Crippen molar-refractivity contribution < 1.29 is 14.6 Å². The average Bonchev–Trinajstić information content (AvgIpc) is 2.70. The molecule has 1 N–H and O–H groups in total. The first-order valence-corrected chi connectivity index (χ1v) is 10.4. The van der Waals surface area contributed by atoms with E-state index in [9.17, 15) is 5.11 Å². The van der Waals surface area contributed by atoms with Gasteiger partial charge in [0.05, 0.1) is 6.10 Å². The highest BCUT2D eigenvalue weighted by molar-refractivity contribution is 5.64. The van der Waals surface area contributed by atoms with Crippen molar-refractivity contribution in [2.24, 2.45) is 0 Å². The predicted molar refractivity (Wildman–Crippen MR) is 110 cm³/mol. The molecule has 0 aliphatic carbocycles. The topological polar surface area (TPSA) is 38.7 Å². The van der Waals surface area contributed by atoms with Crippen molar-refractivity contribution in [2.75, 3.05) is 6.61 Å². The van der Waals surface area contributed by atoms with E-state index >= 15 is 0 Å². The van der Waals surface area contributed by atoms with Crippen LogP contribution in [0.25, 0.3) is 11.1 Å². The Morgan fingerprint density at radius 1 is 0.963 bits per heavy atom. The molecule has 0 bridgehead atoms. The second-order valence-corrected chi connectivity index (χ2v) is 7.59. The number of aromatic hydroxyl groups is 1. The van der Waals surface area contributed by atoms with Gasteiger partial charge < -0.3 is 14.6 Å². The van der Waals surface area contributed by atoms with E-state index in [4.69, 9.17) is 9.47 Å². The lowest BCUT2D eigenvalue weighted by Crippen LogP contribution is -2.26. The number of phenolic OH excluding ortho intramolecular Hbond substituents is 1. The first-order chi connectivity index (χ1) is 13.2. The summed E-state index contributed by atoms with van der Waals surface area (Å²) in [6.07, 6.45) is 9.65. The smallest absolute Gasteiger partial charge is 0.157 e. The minimum absolute atomic E-state index is 0.0286. The molecule has 2 atom stereocenters. The Morgan fingerprint density at radius 2 is 1.67 bits per heavy atom. The van der Waals surface area contributed by atoms with Gasteiger partial charge in [-0.3, -0.25) is 0 Å². The van der Waals surface area contributed by atoms with E-state index in [1.165, 1.54) is 43.2 Å². The molecule has 0 amide bonds. The SMILES string of the molecule is CC(CCCCCc1ccc(-c2ccc(O)cc2)cc1)OC1CCCCO1. The lowest BCUT2D eigenvalue weighted by atomic mass is 10.0. The molecule has 2 aromatic carbocycles. The van der Waals surface area contributed by atoms with Crippen LogP contribution in [-0.4, -0.2) is 24.1 Å². The maximum Gasteiger partial charge on any atom is 0.157 e. The number of ether oxygens (including phenoxy) is 2. The highest BCUT2D eigenvalue weighted by Gasteiger charge is 2.16. The number of hydrogen-bond donors (Lipinski definition) is 1. The molecule has 0 spiro atoms. The Morgan fingerprint density at radius 3 is 2.33 bits per heavy atom. The summed E-state index contributed by atoms with van der Waals surface area (Å²) in [4.78, 5) is 0. The van der Waals surface area contributed by atoms with Crippen molar-refractivity contribution >= 4 is 0 Å². The Balaban J connectivity index is 1.32. The first-order valence-electron chi connectivity index (χ1n) is 10.4. The van der Waals surface area contributed by atoms with Crippen LogP contribution in [0.1, 0.15) is 57.4 Å². The Kier molecular flexibility index (Phi) is 7.73. The fourth-order valence-electron chi connectivity index (χ4n) is 3.60. The molecule has 3 nitrogen and oxygen atoms in total. The standard InChI is InChI=1S/C24H32O3/c1-19(27-24-9-5-6-18-26-24)7-3-2-4-8-20-10-12-21(13-11-20)22-14-16-23(25)17-15-22/h10-17,19,24-25H,2-9,18H2,1H3. The minimum Gasteiger partial charge on any atom is -0.508 e. The fraction of sp³-hybridized carbons (Fsp3) is 0.500. The second-order valence-electron chi connectivity index (χ2n) is 7.59. The van der Waals surface area contributed by atoms with Crippen molar-refractivity contribution in [3.8, 4) is 16.9 Å². The number of aryl methyl sites for hydroxylation is 1. The largest absolute Gasteiger partial charge is 0.508 e. The van der Waals surface area contributed by atoms with Crippen LogP contribution < -0.4 is 0 Å². The predicted octanol–water partition coefficient (Wildman–Crippen LogP) is 6.09. The second kappa shape index (κ2) is 10.5. The van der Waals surface area contributed by atoms with Gasteiger partial charge in [-0.05, 0) is 74.3 Å². The zero-order chi connectivity index (χ0) is 18.9. The van der Waals surface area contributed by atoms with Crippen LogP contribution in [0, 0.1) is 0 Å². The fourth-order valence-corrected chi connectivity index (χ4v) is 3.60. The van der Waals surface area contributed by atoms with Crippen molar-refractivity contribution in [3.63, 3.8) is 0 Å². The van der Waals surface area contributed by atoms with Crippen LogP contribution in [0.4, 0.5) is 0 Å². The van der Waals surface area contributed by atoms with E-state index in [2.05, 4.69) is 31.2 Å². The van der Waals surface area contributed by atoms with Crippen molar-refractivity contribution in [1.29, 1.82) is 0 Å². The van der Waals surface area contributed by atoms with Gasteiger partial charge >= 0.3 is 0 Å². The van der Waals surface area contributed by atoms with Gasteiger partial charge in [0.2, 0.25) is 0 Å². The molecule has 2 unspecified atom stereocenters. The number of benzene rings is 2. The normalized spacial score (nSPS) is 18.3. The van der Waals surface area contributed by atoms with Gasteiger partial charge in [0.15, 0.2) is 6.29 Å². The van der Waals surface area contributed by atoms with E-state index < -0.39 is 0 Å². The molecular formula is C24H32O3. The third-order valence-corrected chi connectivity index (χ3v) is 5.25. The van der Waals surface area contributed by atoms with E-state index in [0.717, 1.165) is 31.4 Å². The summed E-state index contributed by atoms with van der Waals surface area (Å²) in [7, 11) is 0. The molecule has 1 aliphatic rings. The molecule has 3 rings (SSSR count). The Labute approximate surface area is 163 Å². The van der Waals surface area contributed by atoms with Crippen LogP contribution >= 0.6 is 0 Å². The highest BCUT2D eigenvalue weighted by atomic mass is 16.7. The van der Waals surface area contributed by atoms with Crippen LogP contribution in [0.3, 0.4) is 0 Å². The third kappa shape index (κ3) is 6.67. The number of rotatable bonds is 9. The van der Waals surface area contributed by atoms with Crippen LogP contribution in [0.5, 0.6) is 5.75 Å². The summed E-state index contributed by atoms with van der Waals surface area (Å²) in [5.74, 6) is 0.307. The quantitative estimate of drug-likeness (QED) is 0.544. The molecule has 3 heteroatoms. The Bertz CT molecular complexity index is 657. The van der Waals surface area contributed by atoms with Crippen LogP contribution in [0.15, 0.2) is 48.5 Å². The van der Waals surface area contributed by atoms with Crippen molar-refractivity contribution in [3.05, 3.63) is 54.1 Å². The molecule has 1 fully saturated rings. The molecule has 1 aliphatic heterocycles. The zero-order valence-corrected chi connectivity index (χ0v) is 16.4. The molecule has 27 heavy (non-hydrogen) atoms. The first kappa shape index (κ1) is 19.9. The third-order valence-electron chi connectivity index (χ3n) is 5.25. The van der Waals surface area contributed by atoms with Crippen molar-refractivity contribution in [2.45, 2.75) is 70.7 Å². The average molecular weight is 369 g/mol.